The number of carbonyl (C=O) groups is 1. The first-order chi connectivity index (χ1) is 14.8. The van der Waals surface area contributed by atoms with Crippen LogP contribution in [0.5, 0.6) is 0 Å². The number of aromatic nitrogens is 2. The zero-order valence-electron chi connectivity index (χ0n) is 17.9. The van der Waals surface area contributed by atoms with Gasteiger partial charge in [-0.15, -0.1) is 4.91 Å². The predicted octanol–water partition coefficient (Wildman–Crippen LogP) is 3.68. The molecule has 4 atom stereocenters. The number of nitroso groups, excluding NO2 is 1. The summed E-state index contributed by atoms with van der Waals surface area (Å²) in [5.74, 6) is -0.219. The predicted molar refractivity (Wildman–Crippen MR) is 116 cm³/mol. The van der Waals surface area contributed by atoms with Gasteiger partial charge >= 0.3 is 5.97 Å². The Labute approximate surface area is 190 Å². The average molecular weight is 475 g/mol. The number of hydrogen-bond donors (Lipinski definition) is 1. The topological polar surface area (TPSA) is 121 Å². The fraction of sp³-hybridized carbons (Fsp3) is 0.737. The highest BCUT2D eigenvalue weighted by molar-refractivity contribution is 7.99. The van der Waals surface area contributed by atoms with E-state index in [1.807, 2.05) is 20.8 Å². The summed E-state index contributed by atoms with van der Waals surface area (Å²) in [4.78, 5) is 31.7. The maximum absolute atomic E-state index is 11.7. The molecule has 0 aromatic carbocycles. The summed E-state index contributed by atoms with van der Waals surface area (Å²) in [6.07, 6.45) is 0.201. The molecule has 0 bridgehead atoms. The number of thioether (sulfide) groups is 1. The Morgan fingerprint density at radius 3 is 2.74 bits per heavy atom. The quantitative estimate of drug-likeness (QED) is 0.176. The first-order valence-corrected chi connectivity index (χ1v) is 11.6. The molecule has 1 aromatic rings. The number of halogens is 1. The summed E-state index contributed by atoms with van der Waals surface area (Å²) < 4.78 is 22.8. The van der Waals surface area contributed by atoms with Crippen LogP contribution in [-0.4, -0.2) is 65.0 Å². The smallest absolute Gasteiger partial charge is 0.332 e. The highest BCUT2D eigenvalue weighted by atomic mass is 35.5. The zero-order chi connectivity index (χ0) is 22.6. The van der Waals surface area contributed by atoms with Crippen molar-refractivity contribution in [1.29, 1.82) is 0 Å². The molecular formula is C19H27ClN4O6S. The third-order valence-corrected chi connectivity index (χ3v) is 6.12. The van der Waals surface area contributed by atoms with Crippen LogP contribution in [0, 0.1) is 4.91 Å². The van der Waals surface area contributed by atoms with Gasteiger partial charge < -0.3 is 24.3 Å². The van der Waals surface area contributed by atoms with Gasteiger partial charge in [0.1, 0.15) is 18.8 Å². The lowest BCUT2D eigenvalue weighted by molar-refractivity contribution is -0.171. The van der Waals surface area contributed by atoms with Crippen LogP contribution in [0.2, 0.25) is 5.15 Å². The second-order valence-electron chi connectivity index (χ2n) is 7.64. The number of anilines is 1. The van der Waals surface area contributed by atoms with Crippen LogP contribution in [0.4, 0.5) is 11.5 Å². The second-order valence-corrected chi connectivity index (χ2v) is 9.06. The van der Waals surface area contributed by atoms with Crippen molar-refractivity contribution in [2.75, 3.05) is 24.3 Å². The minimum Gasteiger partial charge on any atom is -0.464 e. The van der Waals surface area contributed by atoms with Gasteiger partial charge in [-0.1, -0.05) is 30.3 Å². The highest BCUT2D eigenvalue weighted by Gasteiger charge is 2.55. The number of nitrogens with one attached hydrogen (secondary N) is 1. The molecular weight excluding hydrogens is 448 g/mol. The first-order valence-electron chi connectivity index (χ1n) is 10.2. The van der Waals surface area contributed by atoms with E-state index in [2.05, 4.69) is 20.5 Å². The summed E-state index contributed by atoms with van der Waals surface area (Å²) in [5, 5.41) is 6.67. The van der Waals surface area contributed by atoms with Crippen LogP contribution in [-0.2, 0) is 23.7 Å². The monoisotopic (exact) mass is 474 g/mol. The van der Waals surface area contributed by atoms with E-state index < -0.39 is 24.0 Å². The molecule has 1 aromatic heterocycles. The van der Waals surface area contributed by atoms with E-state index in [0.717, 1.165) is 12.2 Å². The number of fused-ring (bicyclic) bond motifs is 1. The van der Waals surface area contributed by atoms with E-state index in [4.69, 9.17) is 30.5 Å². The molecule has 0 spiro atoms. The average Bonchev–Trinajstić information content (AvgIpc) is 3.18. The molecule has 1 saturated carbocycles. The summed E-state index contributed by atoms with van der Waals surface area (Å²) >= 11 is 7.61. The first kappa shape index (κ1) is 24.1. The number of nitrogens with zero attached hydrogens (tertiary/aromatic N) is 3. The van der Waals surface area contributed by atoms with Crippen LogP contribution in [0.15, 0.2) is 10.3 Å². The molecule has 10 nitrogen and oxygen atoms in total. The molecule has 12 heteroatoms. The maximum atomic E-state index is 11.7. The Bertz CT molecular complexity index is 814. The van der Waals surface area contributed by atoms with Crippen molar-refractivity contribution in [3.05, 3.63) is 10.1 Å². The number of rotatable bonds is 10. The SMILES string of the molecule is CCCSc1nc(Cl)c(N=O)c(NC2C[C@H](OCC(=O)OCC)[C@H]3OC(C)(C)O[C@@H]23)n1. The van der Waals surface area contributed by atoms with Crippen LogP contribution in [0.1, 0.15) is 40.5 Å². The van der Waals surface area contributed by atoms with Crippen LogP contribution in [0.25, 0.3) is 0 Å². The summed E-state index contributed by atoms with van der Waals surface area (Å²) in [6, 6.07) is -0.311. The Balaban J connectivity index is 1.79. The zero-order valence-corrected chi connectivity index (χ0v) is 19.5. The van der Waals surface area contributed by atoms with E-state index in [-0.39, 0.29) is 42.0 Å². The normalized spacial score (nSPS) is 26.5. The summed E-state index contributed by atoms with van der Waals surface area (Å²) in [5.41, 5.74) is -0.0619. The molecule has 31 heavy (non-hydrogen) atoms. The van der Waals surface area contributed by atoms with Crippen LogP contribution in [0.3, 0.4) is 0 Å². The fourth-order valence-electron chi connectivity index (χ4n) is 3.64. The van der Waals surface area contributed by atoms with Gasteiger partial charge in [-0.3, -0.25) is 0 Å². The van der Waals surface area contributed by atoms with E-state index in [0.29, 0.717) is 11.6 Å². The van der Waals surface area contributed by atoms with Crippen molar-refractivity contribution in [2.45, 2.75) is 75.8 Å². The van der Waals surface area contributed by atoms with Crippen molar-refractivity contribution in [1.82, 2.24) is 9.97 Å². The lowest BCUT2D eigenvalue weighted by atomic mass is 10.2. The van der Waals surface area contributed by atoms with Crippen LogP contribution < -0.4 is 5.32 Å². The second kappa shape index (κ2) is 10.4. The summed E-state index contributed by atoms with van der Waals surface area (Å²) in [7, 11) is 0. The van der Waals surface area contributed by atoms with Gasteiger partial charge in [-0.05, 0) is 38.8 Å². The maximum Gasteiger partial charge on any atom is 0.332 e. The molecule has 2 heterocycles. The van der Waals surface area contributed by atoms with Crippen molar-refractivity contribution in [3.63, 3.8) is 0 Å². The van der Waals surface area contributed by atoms with Gasteiger partial charge in [-0.25, -0.2) is 14.8 Å². The molecule has 2 aliphatic rings. The largest absolute Gasteiger partial charge is 0.464 e. The molecule has 0 amide bonds. The third-order valence-electron chi connectivity index (χ3n) is 4.80. The van der Waals surface area contributed by atoms with E-state index >= 15 is 0 Å². The van der Waals surface area contributed by atoms with Gasteiger partial charge in [0.05, 0.1) is 18.8 Å². The molecule has 1 aliphatic heterocycles. The molecule has 172 valence electrons. The Morgan fingerprint density at radius 1 is 1.32 bits per heavy atom. The van der Waals surface area contributed by atoms with Crippen molar-refractivity contribution >= 4 is 40.8 Å². The van der Waals surface area contributed by atoms with E-state index in [1.165, 1.54) is 11.8 Å². The van der Waals surface area contributed by atoms with E-state index in [9.17, 15) is 9.70 Å². The van der Waals surface area contributed by atoms with Crippen molar-refractivity contribution in [2.24, 2.45) is 5.18 Å². The highest BCUT2D eigenvalue weighted by Crippen LogP contribution is 2.42. The van der Waals surface area contributed by atoms with Gasteiger partial charge in [-0.2, -0.15) is 0 Å². The molecule has 1 aliphatic carbocycles. The number of ether oxygens (including phenoxy) is 4. The lowest BCUT2D eigenvalue weighted by Crippen LogP contribution is -2.35. The number of esters is 1. The van der Waals surface area contributed by atoms with Gasteiger partial charge in [0.15, 0.2) is 27.6 Å². The standard InChI is InChI=1S/C19H27ClN4O6S/c1-5-7-31-18-22-16(20)13(24-26)17(23-18)21-10-8-11(28-9-12(25)27-6-2)15-14(10)29-19(3,4)30-15/h10-11,14-15H,5-9H2,1-4H3,(H,21,22,23)/t10?,11-,14-,15+/m0/s1. The Hall–Kier alpha value is -1.53. The molecule has 1 N–H and O–H groups in total. The molecule has 0 radical (unpaired) electrons. The van der Waals surface area contributed by atoms with Crippen LogP contribution >= 0.6 is 23.4 Å². The van der Waals surface area contributed by atoms with Gasteiger partial charge in [0, 0.05) is 5.75 Å². The summed E-state index contributed by atoms with van der Waals surface area (Å²) in [6.45, 7) is 7.50. The molecule has 2 fully saturated rings. The minimum atomic E-state index is -0.821. The van der Waals surface area contributed by atoms with Gasteiger partial charge in [0.25, 0.3) is 0 Å². The number of hydrogen-bond acceptors (Lipinski definition) is 11. The third kappa shape index (κ3) is 5.83. The Kier molecular flexibility index (Phi) is 8.08. The molecule has 3 rings (SSSR count). The lowest BCUT2D eigenvalue weighted by Gasteiger charge is -2.24. The molecule has 1 saturated heterocycles. The van der Waals surface area contributed by atoms with E-state index in [1.54, 1.807) is 6.92 Å². The molecule has 1 unspecified atom stereocenters. The van der Waals surface area contributed by atoms with Gasteiger partial charge in [0.2, 0.25) is 0 Å². The van der Waals surface area contributed by atoms with Crippen molar-refractivity contribution in [3.8, 4) is 0 Å². The van der Waals surface area contributed by atoms with Crippen molar-refractivity contribution < 1.29 is 23.7 Å². The Morgan fingerprint density at radius 2 is 2.06 bits per heavy atom. The fourth-order valence-corrected chi connectivity index (χ4v) is 4.59. The number of carbonyl (C=O) groups excluding carboxylic acids is 1. The minimum absolute atomic E-state index is 0.0142.